The zero-order valence-electron chi connectivity index (χ0n) is 13.6. The summed E-state index contributed by atoms with van der Waals surface area (Å²) in [5.74, 6) is -1.15. The van der Waals surface area contributed by atoms with Crippen LogP contribution in [0.2, 0.25) is 0 Å². The predicted molar refractivity (Wildman–Crippen MR) is 94.7 cm³/mol. The van der Waals surface area contributed by atoms with Gasteiger partial charge >= 0.3 is 0 Å². The van der Waals surface area contributed by atoms with Gasteiger partial charge in [-0.05, 0) is 31.5 Å². The third kappa shape index (κ3) is 3.39. The Balaban J connectivity index is 1.74. The van der Waals surface area contributed by atoms with Crippen molar-refractivity contribution in [3.8, 4) is 5.75 Å². The van der Waals surface area contributed by atoms with Crippen molar-refractivity contribution < 1.29 is 14.3 Å². The maximum atomic E-state index is 13.6. The van der Waals surface area contributed by atoms with Crippen LogP contribution in [0.3, 0.4) is 0 Å². The van der Waals surface area contributed by atoms with Crippen molar-refractivity contribution in [2.75, 3.05) is 5.32 Å². The Labute approximate surface area is 146 Å². The van der Waals surface area contributed by atoms with Crippen LogP contribution < -0.4 is 10.9 Å². The van der Waals surface area contributed by atoms with Crippen molar-refractivity contribution in [3.05, 3.63) is 50.6 Å². The molecule has 3 aromatic rings. The molecule has 0 unspecified atom stereocenters. The van der Waals surface area contributed by atoms with Crippen LogP contribution in [0.4, 0.5) is 10.1 Å². The van der Waals surface area contributed by atoms with E-state index in [1.54, 1.807) is 0 Å². The number of aromatic amines is 1. The number of nitrogens with zero attached hydrogens (tertiary/aromatic N) is 1. The monoisotopic (exact) mass is 361 g/mol. The minimum Gasteiger partial charge on any atom is -0.506 e. The van der Waals surface area contributed by atoms with E-state index in [4.69, 9.17) is 0 Å². The van der Waals surface area contributed by atoms with Gasteiger partial charge in [-0.25, -0.2) is 9.37 Å². The van der Waals surface area contributed by atoms with E-state index in [0.29, 0.717) is 16.0 Å². The SMILES string of the molecule is Cc1sc2nc(CCC(=O)Nc3c(O)cccc3F)[nH]c(=O)c2c1C. The third-order valence-corrected chi connectivity index (χ3v) is 5.03. The third-order valence-electron chi connectivity index (χ3n) is 3.93. The number of hydrogen-bond donors (Lipinski definition) is 3. The number of aromatic hydroxyl groups is 1. The van der Waals surface area contributed by atoms with Gasteiger partial charge in [-0.15, -0.1) is 11.3 Å². The maximum Gasteiger partial charge on any atom is 0.259 e. The molecule has 0 saturated heterocycles. The first-order chi connectivity index (χ1) is 11.9. The van der Waals surface area contributed by atoms with Crippen LogP contribution in [-0.2, 0) is 11.2 Å². The van der Waals surface area contributed by atoms with Crippen molar-refractivity contribution in [2.45, 2.75) is 26.7 Å². The number of H-pyrrole nitrogens is 1. The lowest BCUT2D eigenvalue weighted by molar-refractivity contribution is -0.116. The van der Waals surface area contributed by atoms with Gasteiger partial charge in [0.15, 0.2) is 5.82 Å². The van der Waals surface area contributed by atoms with Crippen LogP contribution in [0.1, 0.15) is 22.7 Å². The number of fused-ring (bicyclic) bond motifs is 1. The van der Waals surface area contributed by atoms with Gasteiger partial charge in [0.2, 0.25) is 5.91 Å². The van der Waals surface area contributed by atoms with Gasteiger partial charge in [0.1, 0.15) is 22.1 Å². The lowest BCUT2D eigenvalue weighted by Gasteiger charge is -2.08. The first-order valence-electron chi connectivity index (χ1n) is 7.63. The number of rotatable bonds is 4. The van der Waals surface area contributed by atoms with Gasteiger partial charge in [0, 0.05) is 17.7 Å². The van der Waals surface area contributed by atoms with Crippen molar-refractivity contribution in [3.63, 3.8) is 0 Å². The molecule has 0 radical (unpaired) electrons. The number of phenols is 1. The molecule has 1 aromatic carbocycles. The average Bonchev–Trinajstić information content (AvgIpc) is 2.84. The summed E-state index contributed by atoms with van der Waals surface area (Å²) in [6.07, 6.45) is 0.188. The number of aromatic nitrogens is 2. The number of thiophene rings is 1. The summed E-state index contributed by atoms with van der Waals surface area (Å²) in [5, 5.41) is 12.5. The number of carbonyl (C=O) groups excluding carboxylic acids is 1. The molecule has 0 spiro atoms. The molecular weight excluding hydrogens is 345 g/mol. The van der Waals surface area contributed by atoms with Crippen molar-refractivity contribution in [2.24, 2.45) is 0 Å². The van der Waals surface area contributed by atoms with E-state index >= 15 is 0 Å². The van der Waals surface area contributed by atoms with E-state index in [1.165, 1.54) is 23.5 Å². The van der Waals surface area contributed by atoms with Crippen molar-refractivity contribution in [1.29, 1.82) is 0 Å². The summed E-state index contributed by atoms with van der Waals surface area (Å²) in [4.78, 5) is 32.9. The van der Waals surface area contributed by atoms with Gasteiger partial charge in [0.05, 0.1) is 5.39 Å². The number of aryl methyl sites for hydroxylation is 3. The largest absolute Gasteiger partial charge is 0.506 e. The molecule has 6 nitrogen and oxygen atoms in total. The number of anilines is 1. The fraction of sp³-hybridized carbons (Fsp3) is 0.235. The number of halogens is 1. The molecule has 2 heterocycles. The molecule has 130 valence electrons. The predicted octanol–water partition coefficient (Wildman–Crippen LogP) is 3.02. The molecule has 1 amide bonds. The second kappa shape index (κ2) is 6.64. The summed E-state index contributed by atoms with van der Waals surface area (Å²) in [6.45, 7) is 3.80. The molecule has 2 aromatic heterocycles. The Bertz CT molecular complexity index is 1010. The van der Waals surface area contributed by atoms with Gasteiger partial charge in [-0.3, -0.25) is 9.59 Å². The molecule has 25 heavy (non-hydrogen) atoms. The highest BCUT2D eigenvalue weighted by atomic mass is 32.1. The number of benzene rings is 1. The zero-order chi connectivity index (χ0) is 18.1. The lowest BCUT2D eigenvalue weighted by atomic mass is 10.2. The molecule has 8 heteroatoms. The van der Waals surface area contributed by atoms with Gasteiger partial charge in [0.25, 0.3) is 5.56 Å². The fourth-order valence-electron chi connectivity index (χ4n) is 2.49. The van der Waals surface area contributed by atoms with Gasteiger partial charge < -0.3 is 15.4 Å². The number of para-hydroxylation sites is 1. The molecule has 0 saturated carbocycles. The minimum absolute atomic E-state index is 0.00837. The van der Waals surface area contributed by atoms with E-state index in [0.717, 1.165) is 16.5 Å². The minimum atomic E-state index is -0.717. The fourth-order valence-corrected chi connectivity index (χ4v) is 3.54. The Hall–Kier alpha value is -2.74. The molecule has 3 N–H and O–H groups in total. The molecule has 0 aliphatic carbocycles. The number of amides is 1. The topological polar surface area (TPSA) is 95.1 Å². The van der Waals surface area contributed by atoms with Crippen molar-refractivity contribution in [1.82, 2.24) is 9.97 Å². The van der Waals surface area contributed by atoms with E-state index in [9.17, 15) is 19.1 Å². The summed E-state index contributed by atoms with van der Waals surface area (Å²) < 4.78 is 13.6. The summed E-state index contributed by atoms with van der Waals surface area (Å²) in [5.41, 5.74) is 0.427. The van der Waals surface area contributed by atoms with E-state index in [1.807, 2.05) is 13.8 Å². The van der Waals surface area contributed by atoms with Crippen LogP contribution in [-0.4, -0.2) is 21.0 Å². The molecule has 0 atom stereocenters. The quantitative estimate of drug-likeness (QED) is 0.623. The number of nitrogens with one attached hydrogen (secondary N) is 2. The summed E-state index contributed by atoms with van der Waals surface area (Å²) in [6, 6.07) is 3.77. The molecule has 0 aliphatic rings. The summed E-state index contributed by atoms with van der Waals surface area (Å²) >= 11 is 1.43. The maximum absolute atomic E-state index is 13.6. The Kier molecular flexibility index (Phi) is 4.54. The molecule has 3 rings (SSSR count). The second-order valence-corrected chi connectivity index (χ2v) is 6.86. The number of carbonyl (C=O) groups is 1. The molecule has 0 aliphatic heterocycles. The van der Waals surface area contributed by atoms with Crippen LogP contribution >= 0.6 is 11.3 Å². The van der Waals surface area contributed by atoms with Crippen LogP contribution in [0, 0.1) is 19.7 Å². The molecular formula is C17H16FN3O3S. The molecule has 0 bridgehead atoms. The Morgan fingerprint density at radius 2 is 2.16 bits per heavy atom. The van der Waals surface area contributed by atoms with Gasteiger partial charge in [-0.2, -0.15) is 0 Å². The summed E-state index contributed by atoms with van der Waals surface area (Å²) in [7, 11) is 0. The molecule has 0 fully saturated rings. The number of hydrogen-bond acceptors (Lipinski definition) is 5. The number of phenolic OH excluding ortho intramolecular Hbond substituents is 1. The first kappa shape index (κ1) is 17.1. The second-order valence-electron chi connectivity index (χ2n) is 5.66. The van der Waals surface area contributed by atoms with Crippen LogP contribution in [0.5, 0.6) is 5.75 Å². The zero-order valence-corrected chi connectivity index (χ0v) is 14.5. The normalized spacial score (nSPS) is 11.0. The van der Waals surface area contributed by atoms with E-state index < -0.39 is 11.7 Å². The lowest BCUT2D eigenvalue weighted by Crippen LogP contribution is -2.16. The van der Waals surface area contributed by atoms with Gasteiger partial charge in [-0.1, -0.05) is 6.07 Å². The average molecular weight is 361 g/mol. The highest BCUT2D eigenvalue weighted by molar-refractivity contribution is 7.18. The van der Waals surface area contributed by atoms with Crippen molar-refractivity contribution >= 4 is 33.1 Å². The smallest absolute Gasteiger partial charge is 0.259 e. The Morgan fingerprint density at radius 1 is 1.40 bits per heavy atom. The first-order valence-corrected chi connectivity index (χ1v) is 8.44. The highest BCUT2D eigenvalue weighted by Crippen LogP contribution is 2.27. The van der Waals surface area contributed by atoms with E-state index in [-0.39, 0.29) is 29.8 Å². The van der Waals surface area contributed by atoms with E-state index in [2.05, 4.69) is 15.3 Å². The van der Waals surface area contributed by atoms with Crippen LogP contribution in [0.15, 0.2) is 23.0 Å². The standard InChI is InChI=1S/C17H16FN3O3S/c1-8-9(2)25-17-14(8)16(24)19-12(20-17)6-7-13(23)21-15-10(18)4-3-5-11(15)22/h3-5,22H,6-7H2,1-2H3,(H,21,23)(H,19,20,24). The Morgan fingerprint density at radius 3 is 2.88 bits per heavy atom. The highest BCUT2D eigenvalue weighted by Gasteiger charge is 2.14. The van der Waals surface area contributed by atoms with Crippen LogP contribution in [0.25, 0.3) is 10.2 Å².